The van der Waals surface area contributed by atoms with E-state index in [4.69, 9.17) is 11.6 Å². The van der Waals surface area contributed by atoms with Crippen molar-refractivity contribution in [1.29, 1.82) is 0 Å². The van der Waals surface area contributed by atoms with Gasteiger partial charge in [-0.15, -0.1) is 0 Å². The number of hydrogen-bond donors (Lipinski definition) is 1. The predicted molar refractivity (Wildman–Crippen MR) is 104 cm³/mol. The minimum atomic E-state index is -0.972. The molecule has 6 heteroatoms. The van der Waals surface area contributed by atoms with Crippen LogP contribution in [0.15, 0.2) is 48.5 Å². The molecular formula is C21H22ClFN2O2. The van der Waals surface area contributed by atoms with Crippen molar-refractivity contribution in [3.05, 3.63) is 64.9 Å². The second-order valence-corrected chi connectivity index (χ2v) is 7.17. The number of carbonyl (C=O) groups excluding carboxylic acids is 2. The second-order valence-electron chi connectivity index (χ2n) is 6.76. The first-order chi connectivity index (χ1) is 13.1. The summed E-state index contributed by atoms with van der Waals surface area (Å²) in [6.45, 7) is 0. The average Bonchev–Trinajstić information content (AvgIpc) is 2.67. The number of carbonyl (C=O) groups is 2. The monoisotopic (exact) mass is 388 g/mol. The molecule has 1 saturated carbocycles. The van der Waals surface area contributed by atoms with Crippen LogP contribution in [0.5, 0.6) is 0 Å². The van der Waals surface area contributed by atoms with Crippen molar-refractivity contribution in [2.45, 2.75) is 44.2 Å². The lowest BCUT2D eigenvalue weighted by Crippen LogP contribution is -2.45. The highest BCUT2D eigenvalue weighted by Gasteiger charge is 2.31. The van der Waals surface area contributed by atoms with E-state index in [1.807, 2.05) is 0 Å². The largest absolute Gasteiger partial charge is 0.351 e. The summed E-state index contributed by atoms with van der Waals surface area (Å²) in [5.41, 5.74) is 0.803. The van der Waals surface area contributed by atoms with Crippen LogP contribution < -0.4 is 10.2 Å². The highest BCUT2D eigenvalue weighted by molar-refractivity contribution is 6.31. The molecule has 2 amide bonds. The quantitative estimate of drug-likeness (QED) is 0.733. The van der Waals surface area contributed by atoms with Gasteiger partial charge in [-0.1, -0.05) is 55.1 Å². The molecule has 1 fully saturated rings. The van der Waals surface area contributed by atoms with E-state index in [1.54, 1.807) is 30.3 Å². The van der Waals surface area contributed by atoms with Crippen LogP contribution in [-0.4, -0.2) is 18.4 Å². The van der Waals surface area contributed by atoms with Gasteiger partial charge < -0.3 is 5.32 Å². The maximum atomic E-state index is 13.7. The molecule has 1 aliphatic rings. The molecule has 1 N–H and O–H groups in total. The Bertz CT molecular complexity index is 808. The molecule has 1 atom stereocenters. The third-order valence-electron chi connectivity index (χ3n) is 4.90. The summed E-state index contributed by atoms with van der Waals surface area (Å²) in [6.07, 6.45) is 5.70. The first-order valence-corrected chi connectivity index (χ1v) is 9.52. The van der Waals surface area contributed by atoms with Crippen molar-refractivity contribution in [2.24, 2.45) is 0 Å². The summed E-state index contributed by atoms with van der Waals surface area (Å²) >= 11 is 6.33. The van der Waals surface area contributed by atoms with Crippen molar-refractivity contribution in [3.8, 4) is 0 Å². The molecular weight excluding hydrogens is 367 g/mol. The van der Waals surface area contributed by atoms with E-state index in [2.05, 4.69) is 5.32 Å². The van der Waals surface area contributed by atoms with E-state index in [0.717, 1.165) is 25.7 Å². The summed E-state index contributed by atoms with van der Waals surface area (Å²) in [4.78, 5) is 26.3. The Balaban J connectivity index is 1.97. The van der Waals surface area contributed by atoms with E-state index < -0.39 is 11.9 Å². The number of halogens is 2. The van der Waals surface area contributed by atoms with E-state index in [0.29, 0.717) is 22.7 Å². The van der Waals surface area contributed by atoms with Gasteiger partial charge in [-0.05, 0) is 37.1 Å². The van der Waals surface area contributed by atoms with Crippen LogP contribution in [0, 0.1) is 5.82 Å². The molecule has 2 aromatic carbocycles. The Morgan fingerprint density at radius 1 is 1.15 bits per heavy atom. The van der Waals surface area contributed by atoms with Gasteiger partial charge in [0, 0.05) is 22.3 Å². The molecule has 0 heterocycles. The lowest BCUT2D eigenvalue weighted by molar-refractivity contribution is -0.124. The molecule has 0 aromatic heterocycles. The fourth-order valence-corrected chi connectivity index (χ4v) is 3.79. The van der Waals surface area contributed by atoms with Crippen molar-refractivity contribution >= 4 is 29.6 Å². The zero-order valence-corrected chi connectivity index (χ0v) is 15.7. The lowest BCUT2D eigenvalue weighted by Gasteiger charge is -2.31. The van der Waals surface area contributed by atoms with Crippen molar-refractivity contribution in [1.82, 2.24) is 5.32 Å². The zero-order valence-electron chi connectivity index (χ0n) is 14.9. The number of nitrogens with one attached hydrogen (secondary N) is 1. The van der Waals surface area contributed by atoms with Crippen molar-refractivity contribution < 1.29 is 14.0 Å². The maximum Gasteiger partial charge on any atom is 0.248 e. The van der Waals surface area contributed by atoms with Crippen LogP contribution in [0.4, 0.5) is 10.1 Å². The van der Waals surface area contributed by atoms with Gasteiger partial charge >= 0.3 is 0 Å². The number of benzene rings is 2. The fourth-order valence-electron chi connectivity index (χ4n) is 3.55. The van der Waals surface area contributed by atoms with Gasteiger partial charge in [0.1, 0.15) is 11.9 Å². The van der Waals surface area contributed by atoms with Crippen LogP contribution in [0.2, 0.25) is 5.02 Å². The first kappa shape index (κ1) is 19.4. The SMILES string of the molecule is O=CN(c1cccc(F)c1)C(C(=O)NC1CCCCC1)c1ccccc1Cl. The molecule has 0 saturated heterocycles. The van der Waals surface area contributed by atoms with E-state index >= 15 is 0 Å². The van der Waals surface area contributed by atoms with Crippen LogP contribution in [0.25, 0.3) is 0 Å². The molecule has 0 spiro atoms. The Hall–Kier alpha value is -2.40. The Kier molecular flexibility index (Phi) is 6.45. The Morgan fingerprint density at radius 3 is 2.56 bits per heavy atom. The topological polar surface area (TPSA) is 49.4 Å². The third kappa shape index (κ3) is 4.66. The number of amides is 2. The number of hydrogen-bond acceptors (Lipinski definition) is 2. The highest BCUT2D eigenvalue weighted by atomic mass is 35.5. The summed E-state index contributed by atoms with van der Waals surface area (Å²) < 4.78 is 13.7. The lowest BCUT2D eigenvalue weighted by atomic mass is 9.94. The summed E-state index contributed by atoms with van der Waals surface area (Å²) in [5.74, 6) is -0.795. The van der Waals surface area contributed by atoms with Gasteiger partial charge in [0.25, 0.3) is 0 Å². The Labute approximate surface area is 163 Å². The maximum absolute atomic E-state index is 13.7. The van der Waals surface area contributed by atoms with Crippen LogP contribution >= 0.6 is 11.6 Å². The van der Waals surface area contributed by atoms with Crippen molar-refractivity contribution in [2.75, 3.05) is 4.90 Å². The van der Waals surface area contributed by atoms with Gasteiger partial charge in [-0.25, -0.2) is 4.39 Å². The minimum Gasteiger partial charge on any atom is -0.351 e. The summed E-state index contributed by atoms with van der Waals surface area (Å²) in [7, 11) is 0. The van der Waals surface area contributed by atoms with Crippen LogP contribution in [0.3, 0.4) is 0 Å². The first-order valence-electron chi connectivity index (χ1n) is 9.14. The van der Waals surface area contributed by atoms with Gasteiger partial charge in [-0.3, -0.25) is 14.5 Å². The normalized spacial score (nSPS) is 15.8. The molecule has 0 radical (unpaired) electrons. The molecule has 142 valence electrons. The standard InChI is InChI=1S/C21H22ClFN2O2/c22-19-12-5-4-11-18(19)20(21(27)24-16-8-2-1-3-9-16)25(14-26)17-10-6-7-15(23)13-17/h4-7,10-14,16,20H,1-3,8-9H2,(H,24,27). The molecule has 27 heavy (non-hydrogen) atoms. The smallest absolute Gasteiger partial charge is 0.248 e. The molecule has 2 aromatic rings. The fraction of sp³-hybridized carbons (Fsp3) is 0.333. The van der Waals surface area contributed by atoms with E-state index in [1.165, 1.54) is 29.5 Å². The molecule has 4 nitrogen and oxygen atoms in total. The summed E-state index contributed by atoms with van der Waals surface area (Å²) in [6, 6.07) is 11.6. The van der Waals surface area contributed by atoms with Gasteiger partial charge in [0.05, 0.1) is 0 Å². The van der Waals surface area contributed by atoms with Crippen molar-refractivity contribution in [3.63, 3.8) is 0 Å². The van der Waals surface area contributed by atoms with E-state index in [9.17, 15) is 14.0 Å². The molecule has 3 rings (SSSR count). The van der Waals surface area contributed by atoms with Gasteiger partial charge in [0.2, 0.25) is 12.3 Å². The van der Waals surface area contributed by atoms with Gasteiger partial charge in [-0.2, -0.15) is 0 Å². The highest BCUT2D eigenvalue weighted by Crippen LogP contribution is 2.31. The molecule has 1 unspecified atom stereocenters. The molecule has 0 aliphatic heterocycles. The molecule has 1 aliphatic carbocycles. The minimum absolute atomic E-state index is 0.0808. The number of rotatable bonds is 6. The number of anilines is 1. The summed E-state index contributed by atoms with van der Waals surface area (Å²) in [5, 5.41) is 3.43. The van der Waals surface area contributed by atoms with Gasteiger partial charge in [0.15, 0.2) is 0 Å². The van der Waals surface area contributed by atoms with Crippen LogP contribution in [-0.2, 0) is 9.59 Å². The zero-order chi connectivity index (χ0) is 19.2. The predicted octanol–water partition coefficient (Wildman–Crippen LogP) is 4.63. The Morgan fingerprint density at radius 2 is 1.89 bits per heavy atom. The van der Waals surface area contributed by atoms with Crippen LogP contribution in [0.1, 0.15) is 43.7 Å². The molecule has 0 bridgehead atoms. The number of nitrogens with zero attached hydrogens (tertiary/aromatic N) is 1. The second kappa shape index (κ2) is 9.00. The van der Waals surface area contributed by atoms with E-state index in [-0.39, 0.29) is 11.9 Å². The average molecular weight is 389 g/mol. The third-order valence-corrected chi connectivity index (χ3v) is 5.24.